The van der Waals surface area contributed by atoms with Crippen LogP contribution in [0.2, 0.25) is 5.02 Å². The summed E-state index contributed by atoms with van der Waals surface area (Å²) in [6.07, 6.45) is 0. The lowest BCUT2D eigenvalue weighted by Gasteiger charge is -2.09. The lowest BCUT2D eigenvalue weighted by molar-refractivity contribution is 0.102. The minimum atomic E-state index is -0.326. The lowest BCUT2D eigenvalue weighted by atomic mass is 10.2. The predicted octanol–water partition coefficient (Wildman–Crippen LogP) is 5.67. The largest absolute Gasteiger partial charge is 0.322 e. The standard InChI is InChI=1S/C18H12BrClN2O2S/c19-11-6-7-15(20)14(9-11)17(23)21-12-3-1-4-13(10-12)22-18(24)16-5-2-8-25-16/h1-10H,(H,21,23)(H,22,24). The maximum Gasteiger partial charge on any atom is 0.265 e. The molecule has 3 aromatic rings. The molecule has 0 bridgehead atoms. The number of rotatable bonds is 4. The molecule has 0 aliphatic heterocycles. The molecule has 0 aliphatic rings. The van der Waals surface area contributed by atoms with Crippen LogP contribution in [0.1, 0.15) is 20.0 Å². The monoisotopic (exact) mass is 434 g/mol. The summed E-state index contributed by atoms with van der Waals surface area (Å²) in [6.45, 7) is 0. The van der Waals surface area contributed by atoms with Crippen LogP contribution >= 0.6 is 38.9 Å². The van der Waals surface area contributed by atoms with Crippen LogP contribution in [0.25, 0.3) is 0 Å². The number of halogens is 2. The minimum absolute atomic E-state index is 0.187. The van der Waals surface area contributed by atoms with E-state index in [-0.39, 0.29) is 11.8 Å². The highest BCUT2D eigenvalue weighted by Crippen LogP contribution is 2.23. The fourth-order valence-electron chi connectivity index (χ4n) is 2.15. The van der Waals surface area contributed by atoms with E-state index in [1.54, 1.807) is 48.5 Å². The van der Waals surface area contributed by atoms with Crippen LogP contribution in [0.15, 0.2) is 64.5 Å². The van der Waals surface area contributed by atoms with Crippen molar-refractivity contribution in [2.45, 2.75) is 0 Å². The topological polar surface area (TPSA) is 58.2 Å². The quantitative estimate of drug-likeness (QED) is 0.555. The predicted molar refractivity (Wildman–Crippen MR) is 106 cm³/mol. The fourth-order valence-corrected chi connectivity index (χ4v) is 3.33. The van der Waals surface area contributed by atoms with E-state index in [2.05, 4.69) is 26.6 Å². The average Bonchev–Trinajstić information content (AvgIpc) is 3.12. The Kier molecular flexibility index (Phi) is 5.53. The Morgan fingerprint density at radius 1 is 0.920 bits per heavy atom. The van der Waals surface area contributed by atoms with Gasteiger partial charge in [-0.05, 0) is 47.8 Å². The first-order valence-electron chi connectivity index (χ1n) is 7.24. The maximum atomic E-state index is 12.4. The molecule has 2 N–H and O–H groups in total. The number of amides is 2. The molecular weight excluding hydrogens is 424 g/mol. The molecule has 25 heavy (non-hydrogen) atoms. The Hall–Kier alpha value is -2.15. The van der Waals surface area contributed by atoms with Gasteiger partial charge in [-0.3, -0.25) is 9.59 Å². The number of thiophene rings is 1. The highest BCUT2D eigenvalue weighted by Gasteiger charge is 2.12. The molecule has 1 heterocycles. The van der Waals surface area contributed by atoms with E-state index < -0.39 is 0 Å². The lowest BCUT2D eigenvalue weighted by Crippen LogP contribution is -2.13. The van der Waals surface area contributed by atoms with Crippen LogP contribution in [-0.4, -0.2) is 11.8 Å². The molecule has 4 nitrogen and oxygen atoms in total. The highest BCUT2D eigenvalue weighted by molar-refractivity contribution is 9.10. The molecule has 0 saturated carbocycles. The average molecular weight is 436 g/mol. The third-order valence-electron chi connectivity index (χ3n) is 3.30. The van der Waals surface area contributed by atoms with Crippen molar-refractivity contribution < 1.29 is 9.59 Å². The third kappa shape index (κ3) is 4.48. The smallest absolute Gasteiger partial charge is 0.265 e. The summed E-state index contributed by atoms with van der Waals surface area (Å²) in [4.78, 5) is 25.1. The summed E-state index contributed by atoms with van der Waals surface area (Å²) in [5.41, 5.74) is 1.52. The van der Waals surface area contributed by atoms with Crippen LogP contribution in [-0.2, 0) is 0 Å². The molecule has 3 rings (SSSR count). The Bertz CT molecular complexity index is 929. The molecular formula is C18H12BrClN2O2S. The SMILES string of the molecule is O=C(Nc1cccc(NC(=O)c2cc(Br)ccc2Cl)c1)c1cccs1. The number of hydrogen-bond donors (Lipinski definition) is 2. The van der Waals surface area contributed by atoms with Crippen molar-refractivity contribution in [2.24, 2.45) is 0 Å². The van der Waals surface area contributed by atoms with E-state index in [0.717, 1.165) is 4.47 Å². The second-order valence-electron chi connectivity index (χ2n) is 5.09. The summed E-state index contributed by atoms with van der Waals surface area (Å²) in [6, 6.07) is 15.6. The Labute approximate surface area is 162 Å². The zero-order valence-electron chi connectivity index (χ0n) is 12.8. The van der Waals surface area contributed by atoms with Gasteiger partial charge in [0.2, 0.25) is 0 Å². The van der Waals surface area contributed by atoms with Gasteiger partial charge in [0.15, 0.2) is 0 Å². The van der Waals surface area contributed by atoms with Crippen molar-refractivity contribution in [3.05, 3.63) is 79.9 Å². The third-order valence-corrected chi connectivity index (χ3v) is 4.99. The molecule has 0 unspecified atom stereocenters. The summed E-state index contributed by atoms with van der Waals surface area (Å²) >= 11 is 10.8. The molecule has 0 fully saturated rings. The molecule has 0 aliphatic carbocycles. The van der Waals surface area contributed by atoms with Crippen LogP contribution in [0.4, 0.5) is 11.4 Å². The van der Waals surface area contributed by atoms with Crippen molar-refractivity contribution in [3.8, 4) is 0 Å². The molecule has 126 valence electrons. The summed E-state index contributed by atoms with van der Waals surface area (Å²) in [5, 5.41) is 7.79. The number of carbonyl (C=O) groups excluding carboxylic acids is 2. The number of benzene rings is 2. The molecule has 2 aromatic carbocycles. The van der Waals surface area contributed by atoms with Crippen molar-refractivity contribution in [2.75, 3.05) is 10.6 Å². The number of anilines is 2. The number of hydrogen-bond acceptors (Lipinski definition) is 3. The van der Waals surface area contributed by atoms with Gasteiger partial charge in [-0.1, -0.05) is 39.7 Å². The van der Waals surface area contributed by atoms with E-state index in [0.29, 0.717) is 26.8 Å². The Morgan fingerprint density at radius 3 is 2.32 bits per heavy atom. The zero-order valence-corrected chi connectivity index (χ0v) is 15.9. The first-order valence-corrected chi connectivity index (χ1v) is 9.29. The fraction of sp³-hybridized carbons (Fsp3) is 0. The second-order valence-corrected chi connectivity index (χ2v) is 7.36. The van der Waals surface area contributed by atoms with E-state index >= 15 is 0 Å². The van der Waals surface area contributed by atoms with Gasteiger partial charge in [-0.15, -0.1) is 11.3 Å². The van der Waals surface area contributed by atoms with Crippen LogP contribution in [0.5, 0.6) is 0 Å². The van der Waals surface area contributed by atoms with Crippen LogP contribution in [0.3, 0.4) is 0 Å². The van der Waals surface area contributed by atoms with Crippen molar-refractivity contribution in [3.63, 3.8) is 0 Å². The Balaban J connectivity index is 1.74. The van der Waals surface area contributed by atoms with E-state index in [9.17, 15) is 9.59 Å². The van der Waals surface area contributed by atoms with E-state index in [1.807, 2.05) is 11.4 Å². The molecule has 0 atom stereocenters. The normalized spacial score (nSPS) is 10.3. The molecule has 0 saturated heterocycles. The van der Waals surface area contributed by atoms with E-state index in [1.165, 1.54) is 11.3 Å². The van der Waals surface area contributed by atoms with Gasteiger partial charge in [0.1, 0.15) is 0 Å². The Morgan fingerprint density at radius 2 is 1.64 bits per heavy atom. The summed E-state index contributed by atoms with van der Waals surface area (Å²) in [7, 11) is 0. The molecule has 0 spiro atoms. The first kappa shape index (κ1) is 17.7. The molecule has 7 heteroatoms. The van der Waals surface area contributed by atoms with Crippen LogP contribution in [0, 0.1) is 0 Å². The number of nitrogens with one attached hydrogen (secondary N) is 2. The van der Waals surface area contributed by atoms with E-state index in [4.69, 9.17) is 11.6 Å². The summed E-state index contributed by atoms with van der Waals surface area (Å²) in [5.74, 6) is -0.512. The van der Waals surface area contributed by atoms with Gasteiger partial charge in [0.05, 0.1) is 15.5 Å². The van der Waals surface area contributed by atoms with Gasteiger partial charge >= 0.3 is 0 Å². The van der Waals surface area contributed by atoms with Gasteiger partial charge in [-0.2, -0.15) is 0 Å². The molecule has 0 radical (unpaired) electrons. The van der Waals surface area contributed by atoms with Crippen molar-refractivity contribution in [1.82, 2.24) is 0 Å². The number of carbonyl (C=O) groups is 2. The van der Waals surface area contributed by atoms with Crippen molar-refractivity contribution in [1.29, 1.82) is 0 Å². The maximum absolute atomic E-state index is 12.4. The molecule has 2 amide bonds. The van der Waals surface area contributed by atoms with Crippen molar-refractivity contribution >= 4 is 62.1 Å². The second kappa shape index (κ2) is 7.82. The zero-order chi connectivity index (χ0) is 17.8. The van der Waals surface area contributed by atoms with Gasteiger partial charge in [0, 0.05) is 15.8 Å². The van der Waals surface area contributed by atoms with Gasteiger partial charge in [-0.25, -0.2) is 0 Å². The summed E-state index contributed by atoms with van der Waals surface area (Å²) < 4.78 is 0.763. The first-order chi connectivity index (χ1) is 12.0. The van der Waals surface area contributed by atoms with Crippen LogP contribution < -0.4 is 10.6 Å². The molecule has 1 aromatic heterocycles. The minimum Gasteiger partial charge on any atom is -0.322 e. The van der Waals surface area contributed by atoms with Gasteiger partial charge in [0.25, 0.3) is 11.8 Å². The van der Waals surface area contributed by atoms with Gasteiger partial charge < -0.3 is 10.6 Å². The highest BCUT2D eigenvalue weighted by atomic mass is 79.9.